The first-order valence-corrected chi connectivity index (χ1v) is 16.6. The minimum Gasteiger partial charge on any atom is -0.345 e. The molecule has 1 rings (SSSR count). The molecule has 0 saturated carbocycles. The fraction of sp³-hybridized carbons (Fsp3) is 0.556. The molecule has 3 amide bonds. The van der Waals surface area contributed by atoms with E-state index in [0.29, 0.717) is 11.8 Å². The molecule has 0 spiro atoms. The van der Waals surface area contributed by atoms with Crippen LogP contribution >= 0.6 is 0 Å². The molecule has 3 N–H and O–H groups in total. The number of nitrogens with one attached hydrogen (secondary N) is 3. The van der Waals surface area contributed by atoms with Crippen molar-refractivity contribution in [3.8, 4) is 0 Å². The van der Waals surface area contributed by atoms with Gasteiger partial charge in [-0.15, -0.1) is 0 Å². The van der Waals surface area contributed by atoms with Gasteiger partial charge < -0.3 is 16.0 Å². The van der Waals surface area contributed by atoms with Crippen molar-refractivity contribution in [2.75, 3.05) is 12.0 Å². The molecule has 0 saturated heterocycles. The van der Waals surface area contributed by atoms with E-state index in [0.717, 1.165) is 12.3 Å². The highest BCUT2D eigenvalue weighted by atomic mass is 32.2. The molecule has 0 aliphatic carbocycles. The predicted molar refractivity (Wildman–Crippen MR) is 152 cm³/mol. The van der Waals surface area contributed by atoms with E-state index in [2.05, 4.69) is 16.0 Å². The van der Waals surface area contributed by atoms with Crippen molar-refractivity contribution in [1.29, 1.82) is 0 Å². The van der Waals surface area contributed by atoms with Crippen LogP contribution in [-0.4, -0.2) is 70.5 Å². The summed E-state index contributed by atoms with van der Waals surface area (Å²) in [5, 5.41) is 8.43. The quantitative estimate of drug-likeness (QED) is 0.240. The van der Waals surface area contributed by atoms with Crippen molar-refractivity contribution in [2.45, 2.75) is 76.9 Å². The molecule has 0 bridgehead atoms. The van der Waals surface area contributed by atoms with Gasteiger partial charge in [0, 0.05) is 18.6 Å². The van der Waals surface area contributed by atoms with Crippen LogP contribution in [0.25, 0.3) is 0 Å². The molecule has 0 fully saturated rings. The molecular weight excluding hydrogens is 558 g/mol. The molecular formula is C27H41N3O8S2. The highest BCUT2D eigenvalue weighted by Crippen LogP contribution is 2.13. The Labute approximate surface area is 237 Å². The number of ketones is 1. The lowest BCUT2D eigenvalue weighted by atomic mass is 9.99. The molecule has 0 aliphatic rings. The van der Waals surface area contributed by atoms with Crippen molar-refractivity contribution < 1.29 is 36.0 Å². The summed E-state index contributed by atoms with van der Waals surface area (Å²) >= 11 is 0. The van der Waals surface area contributed by atoms with Crippen LogP contribution in [0.3, 0.4) is 0 Å². The van der Waals surface area contributed by atoms with E-state index in [-0.39, 0.29) is 29.6 Å². The van der Waals surface area contributed by atoms with Gasteiger partial charge in [0.05, 0.1) is 16.7 Å². The van der Waals surface area contributed by atoms with E-state index < -0.39 is 67.1 Å². The molecule has 0 aliphatic heterocycles. The maximum absolute atomic E-state index is 13.3. The maximum Gasteiger partial charge on any atom is 0.243 e. The Morgan fingerprint density at radius 3 is 1.70 bits per heavy atom. The Morgan fingerprint density at radius 1 is 0.775 bits per heavy atom. The number of hydrogen-bond donors (Lipinski definition) is 3. The van der Waals surface area contributed by atoms with Crippen molar-refractivity contribution >= 4 is 43.2 Å². The molecule has 0 radical (unpaired) electrons. The van der Waals surface area contributed by atoms with Crippen LogP contribution in [0, 0.1) is 11.8 Å². The fourth-order valence-corrected chi connectivity index (χ4v) is 5.45. The number of sulfone groups is 2. The van der Waals surface area contributed by atoms with Crippen LogP contribution in [0.1, 0.15) is 53.9 Å². The van der Waals surface area contributed by atoms with Crippen LogP contribution in [0.5, 0.6) is 0 Å². The molecule has 1 aromatic rings. The van der Waals surface area contributed by atoms with Crippen molar-refractivity contribution in [2.24, 2.45) is 11.8 Å². The summed E-state index contributed by atoms with van der Waals surface area (Å²) in [6.07, 6.45) is 1.99. The molecule has 1 aromatic carbocycles. The van der Waals surface area contributed by atoms with Crippen molar-refractivity contribution in [1.82, 2.24) is 16.0 Å². The van der Waals surface area contributed by atoms with Gasteiger partial charge in [0.25, 0.3) is 0 Å². The smallest absolute Gasteiger partial charge is 0.243 e. The third-order valence-corrected chi connectivity index (χ3v) is 8.06. The summed E-state index contributed by atoms with van der Waals surface area (Å²) in [4.78, 5) is 50.9. The Morgan fingerprint density at radius 2 is 1.25 bits per heavy atom. The van der Waals surface area contributed by atoms with Gasteiger partial charge in [-0.2, -0.15) is 0 Å². The van der Waals surface area contributed by atoms with Gasteiger partial charge in [0.2, 0.25) is 17.7 Å². The fourth-order valence-electron chi connectivity index (χ4n) is 3.77. The van der Waals surface area contributed by atoms with Gasteiger partial charge >= 0.3 is 0 Å². The normalized spacial score (nSPS) is 14.5. The number of hydrogen-bond acceptors (Lipinski definition) is 8. The summed E-state index contributed by atoms with van der Waals surface area (Å²) in [5.41, 5.74) is 0. The topological polar surface area (TPSA) is 173 Å². The Kier molecular flexibility index (Phi) is 13.7. The zero-order valence-corrected chi connectivity index (χ0v) is 25.5. The van der Waals surface area contributed by atoms with Gasteiger partial charge in [0.1, 0.15) is 21.9 Å². The monoisotopic (exact) mass is 599 g/mol. The summed E-state index contributed by atoms with van der Waals surface area (Å²) in [6.45, 7) is 8.70. The van der Waals surface area contributed by atoms with Gasteiger partial charge in [0.15, 0.2) is 15.6 Å². The van der Waals surface area contributed by atoms with Gasteiger partial charge in [-0.3, -0.25) is 19.2 Å². The molecule has 0 aromatic heterocycles. The molecule has 40 heavy (non-hydrogen) atoms. The predicted octanol–water partition coefficient (Wildman–Crippen LogP) is 1.54. The number of amides is 3. The second-order valence-corrected chi connectivity index (χ2v) is 14.7. The SMILES string of the molecule is CC(=O)N[C@@H](CC(C)C)C(=O)N[C@@H](CC(C)C)C(=O)N[C@@H](CCS(C)(=O)=O)C(=O)/C=C/S(=O)(=O)c1ccccc1. The van der Waals surface area contributed by atoms with E-state index >= 15 is 0 Å². The van der Waals surface area contributed by atoms with E-state index in [1.807, 2.05) is 27.7 Å². The minimum absolute atomic E-state index is 0.0365. The number of carbonyl (C=O) groups is 4. The first-order chi connectivity index (χ1) is 18.4. The van der Waals surface area contributed by atoms with E-state index in [1.165, 1.54) is 31.2 Å². The lowest BCUT2D eigenvalue weighted by Crippen LogP contribution is -2.56. The van der Waals surface area contributed by atoms with Crippen LogP contribution in [0.15, 0.2) is 46.7 Å². The molecule has 11 nitrogen and oxygen atoms in total. The van der Waals surface area contributed by atoms with Crippen LogP contribution in [0.4, 0.5) is 0 Å². The van der Waals surface area contributed by atoms with Gasteiger partial charge in [-0.05, 0) is 49.3 Å². The molecule has 224 valence electrons. The van der Waals surface area contributed by atoms with Crippen LogP contribution < -0.4 is 16.0 Å². The number of rotatable bonds is 16. The lowest BCUT2D eigenvalue weighted by Gasteiger charge is -2.26. The summed E-state index contributed by atoms with van der Waals surface area (Å²) in [6, 6.07) is 4.07. The van der Waals surface area contributed by atoms with E-state index in [4.69, 9.17) is 0 Å². The molecule has 0 unspecified atom stereocenters. The second kappa shape index (κ2) is 15.7. The summed E-state index contributed by atoms with van der Waals surface area (Å²) < 4.78 is 48.7. The number of carbonyl (C=O) groups excluding carboxylic acids is 4. The van der Waals surface area contributed by atoms with Crippen LogP contribution in [-0.2, 0) is 38.9 Å². The van der Waals surface area contributed by atoms with E-state index in [9.17, 15) is 36.0 Å². The zero-order chi connectivity index (χ0) is 30.7. The lowest BCUT2D eigenvalue weighted by molar-refractivity contribution is -0.133. The highest BCUT2D eigenvalue weighted by molar-refractivity contribution is 7.94. The average molecular weight is 600 g/mol. The summed E-state index contributed by atoms with van der Waals surface area (Å²) in [5.74, 6) is -2.96. The average Bonchev–Trinajstić information content (AvgIpc) is 2.83. The third-order valence-electron chi connectivity index (χ3n) is 5.66. The Balaban J connectivity index is 3.21. The molecule has 3 atom stereocenters. The number of benzene rings is 1. The van der Waals surface area contributed by atoms with Gasteiger partial charge in [-0.25, -0.2) is 16.8 Å². The largest absolute Gasteiger partial charge is 0.345 e. The Hall–Kier alpha value is -3.06. The first-order valence-electron chi connectivity index (χ1n) is 13.0. The Bertz CT molecular complexity index is 1270. The second-order valence-electron chi connectivity index (χ2n) is 10.6. The maximum atomic E-state index is 13.3. The van der Waals surface area contributed by atoms with Crippen molar-refractivity contribution in [3.05, 3.63) is 41.8 Å². The first kappa shape index (κ1) is 35.0. The standard InChI is InChI=1S/C27H41N3O8S2/c1-18(2)16-23(28-20(5)31)26(33)30-24(17-19(3)4)27(34)29-22(12-14-39(6,35)36)25(32)13-15-40(37,38)21-10-8-7-9-11-21/h7-11,13,15,18-19,22-24H,12,14,16-17H2,1-6H3,(H,28,31)(H,29,34)(H,30,33)/b15-13+/t22-,23-,24-/m0/s1. The minimum atomic E-state index is -3.96. The molecule has 13 heteroatoms. The molecule has 0 heterocycles. The zero-order valence-electron chi connectivity index (χ0n) is 23.8. The summed E-state index contributed by atoms with van der Waals surface area (Å²) in [7, 11) is -7.49. The third kappa shape index (κ3) is 13.3. The van der Waals surface area contributed by atoms with Crippen LogP contribution in [0.2, 0.25) is 0 Å². The highest BCUT2D eigenvalue weighted by Gasteiger charge is 2.30. The van der Waals surface area contributed by atoms with E-state index in [1.54, 1.807) is 6.07 Å². The van der Waals surface area contributed by atoms with Gasteiger partial charge in [-0.1, -0.05) is 45.9 Å². The van der Waals surface area contributed by atoms with Crippen molar-refractivity contribution in [3.63, 3.8) is 0 Å².